The van der Waals surface area contributed by atoms with Gasteiger partial charge in [0, 0.05) is 13.7 Å². The highest BCUT2D eigenvalue weighted by atomic mass is 16.5. The van der Waals surface area contributed by atoms with Crippen LogP contribution in [0.1, 0.15) is 58.3 Å². The van der Waals surface area contributed by atoms with Gasteiger partial charge in [-0.1, -0.05) is 45.4 Å². The number of unbranched alkanes of at least 4 members (excludes halogenated alkanes) is 1. The molecule has 1 aliphatic carbocycles. The Bertz CT molecular complexity index is 327. The molecule has 21 heavy (non-hydrogen) atoms. The second-order valence-electron chi connectivity index (χ2n) is 6.00. The average Bonchev–Trinajstić information content (AvgIpc) is 2.51. The van der Waals surface area contributed by atoms with E-state index >= 15 is 0 Å². The number of ether oxygens (including phenoxy) is 1. The molecule has 3 N–H and O–H groups in total. The molecular weight excluding hydrogens is 266 g/mol. The van der Waals surface area contributed by atoms with Crippen molar-refractivity contribution in [1.29, 1.82) is 0 Å². The molecule has 0 radical (unpaired) electrons. The summed E-state index contributed by atoms with van der Waals surface area (Å²) in [6, 6.07) is 0. The van der Waals surface area contributed by atoms with Crippen molar-refractivity contribution < 1.29 is 9.53 Å². The summed E-state index contributed by atoms with van der Waals surface area (Å²) in [6.07, 6.45) is 10.2. The normalized spacial score (nSPS) is 19.5. The lowest BCUT2D eigenvalue weighted by atomic mass is 9.79. The van der Waals surface area contributed by atoms with Crippen LogP contribution in [0.4, 0.5) is 0 Å². The van der Waals surface area contributed by atoms with Gasteiger partial charge >= 0.3 is 0 Å². The van der Waals surface area contributed by atoms with Crippen LogP contribution in [0.15, 0.2) is 4.99 Å². The topological polar surface area (TPSA) is 76.7 Å². The second kappa shape index (κ2) is 9.77. The van der Waals surface area contributed by atoms with E-state index in [9.17, 15) is 4.79 Å². The van der Waals surface area contributed by atoms with Crippen LogP contribution < -0.4 is 11.1 Å². The Morgan fingerprint density at radius 3 is 2.71 bits per heavy atom. The maximum Gasteiger partial charge on any atom is 0.250 e. The third kappa shape index (κ3) is 5.65. The summed E-state index contributed by atoms with van der Waals surface area (Å²) >= 11 is 0. The smallest absolute Gasteiger partial charge is 0.250 e. The van der Waals surface area contributed by atoms with E-state index in [-0.39, 0.29) is 5.91 Å². The highest BCUT2D eigenvalue weighted by Crippen LogP contribution is 2.33. The van der Waals surface area contributed by atoms with Gasteiger partial charge in [-0.15, -0.1) is 0 Å². The fourth-order valence-electron chi connectivity index (χ4n) is 3.10. The van der Waals surface area contributed by atoms with Crippen LogP contribution in [0.2, 0.25) is 0 Å². The van der Waals surface area contributed by atoms with Crippen LogP contribution in [0.3, 0.4) is 0 Å². The number of hydrogen-bond donors (Lipinski definition) is 2. The molecule has 0 aliphatic heterocycles. The number of rotatable bonds is 9. The molecular formula is C16H31N3O2. The average molecular weight is 297 g/mol. The summed E-state index contributed by atoms with van der Waals surface area (Å²) in [6.45, 7) is 3.10. The summed E-state index contributed by atoms with van der Waals surface area (Å²) in [5.41, 5.74) is 4.65. The molecule has 0 bridgehead atoms. The molecule has 1 amide bonds. The summed E-state index contributed by atoms with van der Waals surface area (Å²) < 4.78 is 5.73. The van der Waals surface area contributed by atoms with Gasteiger partial charge in [0.15, 0.2) is 5.54 Å². The fraction of sp³-hybridized carbons (Fsp3) is 0.875. The molecule has 1 atom stereocenters. The molecule has 122 valence electrons. The lowest BCUT2D eigenvalue weighted by molar-refractivity contribution is -0.129. The quantitative estimate of drug-likeness (QED) is 0.389. The van der Waals surface area contributed by atoms with Crippen LogP contribution in [0, 0.1) is 5.92 Å². The van der Waals surface area contributed by atoms with E-state index in [1.54, 1.807) is 7.05 Å². The first kappa shape index (κ1) is 18.0. The van der Waals surface area contributed by atoms with E-state index < -0.39 is 5.54 Å². The zero-order chi connectivity index (χ0) is 15.6. The number of likely N-dealkylation sites (N-methyl/N-ethyl adjacent to an activating group) is 1. The van der Waals surface area contributed by atoms with E-state index in [1.807, 2.05) is 0 Å². The Morgan fingerprint density at radius 2 is 2.14 bits per heavy atom. The van der Waals surface area contributed by atoms with Gasteiger partial charge in [0.2, 0.25) is 5.91 Å². The van der Waals surface area contributed by atoms with E-state index in [1.165, 1.54) is 38.4 Å². The monoisotopic (exact) mass is 297 g/mol. The number of amides is 1. The van der Waals surface area contributed by atoms with Crippen molar-refractivity contribution in [3.8, 4) is 0 Å². The first-order chi connectivity index (χ1) is 10.2. The molecule has 0 aromatic rings. The molecule has 1 unspecified atom stereocenters. The molecule has 1 rings (SSSR count). The molecule has 5 nitrogen and oxygen atoms in total. The number of nitrogens with one attached hydrogen (secondary N) is 1. The highest BCUT2D eigenvalue weighted by Gasteiger charge is 2.40. The number of nitrogens with zero attached hydrogens (tertiary/aromatic N) is 1. The number of aliphatic imine (C=N–C) groups is 1. The Balaban J connectivity index is 2.75. The first-order valence-electron chi connectivity index (χ1n) is 8.24. The van der Waals surface area contributed by atoms with Gasteiger partial charge in [-0.05, 0) is 18.8 Å². The maximum absolute atomic E-state index is 12.4. The van der Waals surface area contributed by atoms with E-state index in [4.69, 9.17) is 10.5 Å². The van der Waals surface area contributed by atoms with Crippen molar-refractivity contribution in [1.82, 2.24) is 5.32 Å². The minimum atomic E-state index is -0.862. The number of hydrogen-bond acceptors (Lipinski definition) is 3. The zero-order valence-electron chi connectivity index (χ0n) is 13.6. The van der Waals surface area contributed by atoms with Gasteiger partial charge in [0.05, 0.1) is 12.9 Å². The van der Waals surface area contributed by atoms with Crippen molar-refractivity contribution in [3.63, 3.8) is 0 Å². The molecule has 1 aliphatic rings. The second-order valence-corrected chi connectivity index (χ2v) is 6.00. The van der Waals surface area contributed by atoms with Crippen LogP contribution in [-0.4, -0.2) is 38.0 Å². The van der Waals surface area contributed by atoms with Crippen molar-refractivity contribution in [2.24, 2.45) is 16.6 Å². The molecule has 0 aromatic carbocycles. The first-order valence-corrected chi connectivity index (χ1v) is 8.24. The van der Waals surface area contributed by atoms with E-state index in [2.05, 4.69) is 17.2 Å². The van der Waals surface area contributed by atoms with Crippen LogP contribution in [0.25, 0.3) is 0 Å². The number of nitrogens with two attached hydrogens (primary N) is 1. The Hall–Kier alpha value is -1.10. The highest BCUT2D eigenvalue weighted by molar-refractivity contribution is 5.87. The summed E-state index contributed by atoms with van der Waals surface area (Å²) in [5, 5.41) is 2.73. The number of carbonyl (C=O) groups is 1. The van der Waals surface area contributed by atoms with E-state index in [0.717, 1.165) is 19.3 Å². The summed E-state index contributed by atoms with van der Waals surface area (Å²) in [7, 11) is 1.65. The van der Waals surface area contributed by atoms with Gasteiger partial charge in [-0.25, -0.2) is 0 Å². The predicted molar refractivity (Wildman–Crippen MR) is 86.4 cm³/mol. The molecule has 0 aromatic heterocycles. The summed E-state index contributed by atoms with van der Waals surface area (Å²) in [5.74, 6) is 0.445. The van der Waals surface area contributed by atoms with Crippen LogP contribution >= 0.6 is 0 Å². The van der Waals surface area contributed by atoms with Crippen molar-refractivity contribution >= 4 is 12.2 Å². The zero-order valence-corrected chi connectivity index (χ0v) is 13.6. The molecule has 1 fully saturated rings. The SMILES string of the molecule is CCCCOCC(CC1CCCCC1)(N=CN)C(=O)NC. The Labute approximate surface area is 128 Å². The predicted octanol–water partition coefficient (Wildman–Crippen LogP) is 2.25. The van der Waals surface area contributed by atoms with Gasteiger partial charge in [0.1, 0.15) is 0 Å². The molecule has 0 spiro atoms. The van der Waals surface area contributed by atoms with E-state index in [0.29, 0.717) is 19.1 Å². The Morgan fingerprint density at radius 1 is 1.43 bits per heavy atom. The third-order valence-corrected chi connectivity index (χ3v) is 4.31. The van der Waals surface area contributed by atoms with Gasteiger partial charge in [-0.2, -0.15) is 0 Å². The minimum absolute atomic E-state index is 0.0914. The molecule has 1 saturated carbocycles. The molecule has 0 heterocycles. The fourth-order valence-corrected chi connectivity index (χ4v) is 3.10. The standard InChI is InChI=1S/C16H31N3O2/c1-3-4-10-21-12-16(19-13-17,15(20)18-2)11-14-8-6-5-7-9-14/h13-14H,3-12H2,1-2H3,(H2,17,19)(H,18,20). The van der Waals surface area contributed by atoms with Gasteiger partial charge in [-0.3, -0.25) is 9.79 Å². The van der Waals surface area contributed by atoms with Crippen LogP contribution in [-0.2, 0) is 9.53 Å². The van der Waals surface area contributed by atoms with Crippen molar-refractivity contribution in [2.45, 2.75) is 63.8 Å². The Kier molecular flexibility index (Phi) is 8.35. The van der Waals surface area contributed by atoms with Gasteiger partial charge in [0.25, 0.3) is 0 Å². The maximum atomic E-state index is 12.4. The van der Waals surface area contributed by atoms with Gasteiger partial charge < -0.3 is 15.8 Å². The molecule has 0 saturated heterocycles. The minimum Gasteiger partial charge on any atom is -0.390 e. The largest absolute Gasteiger partial charge is 0.390 e. The molecule has 5 heteroatoms. The van der Waals surface area contributed by atoms with Crippen molar-refractivity contribution in [2.75, 3.05) is 20.3 Å². The lowest BCUT2D eigenvalue weighted by Crippen LogP contribution is -2.49. The number of carbonyl (C=O) groups excluding carboxylic acids is 1. The summed E-state index contributed by atoms with van der Waals surface area (Å²) in [4.78, 5) is 16.7. The van der Waals surface area contributed by atoms with Crippen LogP contribution in [0.5, 0.6) is 0 Å². The van der Waals surface area contributed by atoms with Crippen molar-refractivity contribution in [3.05, 3.63) is 0 Å². The lowest BCUT2D eigenvalue weighted by Gasteiger charge is -2.33. The third-order valence-electron chi connectivity index (χ3n) is 4.31.